The first kappa shape index (κ1) is 17.2. The van der Waals surface area contributed by atoms with Gasteiger partial charge in [0.25, 0.3) is 0 Å². The molecule has 0 amide bonds. The molecule has 19 heavy (non-hydrogen) atoms. The molecule has 0 nitrogen and oxygen atoms in total. The molecule has 0 aliphatic carbocycles. The second kappa shape index (κ2) is 6.92. The van der Waals surface area contributed by atoms with Crippen LogP contribution in [0.5, 0.6) is 0 Å². The quantitative estimate of drug-likeness (QED) is 0.206. The average molecular weight is 706 g/mol. The van der Waals surface area contributed by atoms with Gasteiger partial charge in [0.15, 0.2) is 0 Å². The lowest BCUT2D eigenvalue weighted by Gasteiger charge is -2.14. The molecule has 0 saturated heterocycles. The summed E-state index contributed by atoms with van der Waals surface area (Å²) in [5.74, 6) is 0. The number of hydrogen-bond donors (Lipinski definition) is 0. The minimum Gasteiger partial charge on any atom is -0.0520 e. The first-order valence-corrected chi connectivity index (χ1v) is 10.4. The summed E-state index contributed by atoms with van der Waals surface area (Å²) in [4.78, 5) is 0. The molecular weight excluding hydrogens is 703 g/mol. The first-order valence-electron chi connectivity index (χ1n) is 4.81. The Morgan fingerprint density at radius 1 is 0.526 bits per heavy atom. The smallest absolute Gasteiger partial charge is 0.0466 e. The summed E-state index contributed by atoms with van der Waals surface area (Å²) >= 11 is 25.0. The Balaban J connectivity index is 2.80. The van der Waals surface area contributed by atoms with Crippen LogP contribution in [-0.4, -0.2) is 0 Å². The van der Waals surface area contributed by atoms with Gasteiger partial charge in [-0.25, -0.2) is 0 Å². The highest BCUT2D eigenvalue weighted by molar-refractivity contribution is 9.15. The molecule has 0 saturated carbocycles. The SMILES string of the molecule is Brc1ccc(-c2c(Br)cc(Br)c(Br)c2Br)c(Br)c1Br. The lowest BCUT2D eigenvalue weighted by molar-refractivity contribution is 1.45. The Labute approximate surface area is 170 Å². The average Bonchev–Trinajstić information content (AvgIpc) is 2.36. The van der Waals surface area contributed by atoms with E-state index in [-0.39, 0.29) is 0 Å². The van der Waals surface area contributed by atoms with Gasteiger partial charge >= 0.3 is 0 Å². The number of rotatable bonds is 1. The lowest BCUT2D eigenvalue weighted by Crippen LogP contribution is -1.88. The molecule has 0 aromatic heterocycles. The number of halogens is 7. The Morgan fingerprint density at radius 3 is 1.74 bits per heavy atom. The van der Waals surface area contributed by atoms with Gasteiger partial charge in [0.2, 0.25) is 0 Å². The van der Waals surface area contributed by atoms with Crippen molar-refractivity contribution >= 4 is 112 Å². The first-order chi connectivity index (χ1) is 8.84. The molecule has 2 aromatic carbocycles. The van der Waals surface area contributed by atoms with Gasteiger partial charge in [0.1, 0.15) is 0 Å². The summed E-state index contributed by atoms with van der Waals surface area (Å²) in [5, 5.41) is 0. The fourth-order valence-corrected chi connectivity index (χ4v) is 5.88. The summed E-state index contributed by atoms with van der Waals surface area (Å²) < 4.78 is 6.96. The molecule has 7 heteroatoms. The van der Waals surface area contributed by atoms with Crippen LogP contribution in [0.1, 0.15) is 0 Å². The van der Waals surface area contributed by atoms with Gasteiger partial charge in [-0.2, -0.15) is 0 Å². The summed E-state index contributed by atoms with van der Waals surface area (Å²) in [7, 11) is 0. The van der Waals surface area contributed by atoms with E-state index in [2.05, 4.69) is 118 Å². The van der Waals surface area contributed by atoms with Gasteiger partial charge in [-0.3, -0.25) is 0 Å². The van der Waals surface area contributed by atoms with Crippen molar-refractivity contribution in [3.63, 3.8) is 0 Å². The van der Waals surface area contributed by atoms with Crippen molar-refractivity contribution in [3.8, 4) is 11.1 Å². The Morgan fingerprint density at radius 2 is 1.11 bits per heavy atom. The molecule has 100 valence electrons. The van der Waals surface area contributed by atoms with Crippen LogP contribution in [0.2, 0.25) is 0 Å². The third kappa shape index (κ3) is 3.42. The second-order valence-electron chi connectivity index (χ2n) is 3.57. The molecule has 0 atom stereocenters. The van der Waals surface area contributed by atoms with E-state index in [4.69, 9.17) is 0 Å². The third-order valence-electron chi connectivity index (χ3n) is 2.42. The van der Waals surface area contributed by atoms with E-state index in [0.29, 0.717) is 0 Å². The maximum absolute atomic E-state index is 3.64. The summed E-state index contributed by atoms with van der Waals surface area (Å²) in [6.07, 6.45) is 0. The van der Waals surface area contributed by atoms with E-state index in [1.165, 1.54) is 0 Å². The van der Waals surface area contributed by atoms with Crippen LogP contribution in [-0.2, 0) is 0 Å². The normalized spacial score (nSPS) is 10.9. The minimum atomic E-state index is 0.983. The van der Waals surface area contributed by atoms with Crippen molar-refractivity contribution in [1.82, 2.24) is 0 Å². The highest BCUT2D eigenvalue weighted by Gasteiger charge is 2.18. The van der Waals surface area contributed by atoms with Crippen LogP contribution < -0.4 is 0 Å². The third-order valence-corrected chi connectivity index (χ3v) is 9.72. The van der Waals surface area contributed by atoms with Gasteiger partial charge in [-0.15, -0.1) is 0 Å². The Kier molecular flexibility index (Phi) is 6.25. The predicted octanol–water partition coefficient (Wildman–Crippen LogP) is 8.69. The van der Waals surface area contributed by atoms with Crippen LogP contribution in [0.25, 0.3) is 11.1 Å². The number of hydrogen-bond acceptors (Lipinski definition) is 0. The van der Waals surface area contributed by atoms with Crippen molar-refractivity contribution in [2.45, 2.75) is 0 Å². The van der Waals surface area contributed by atoms with Crippen LogP contribution in [0, 0.1) is 0 Å². The molecule has 0 spiro atoms. The van der Waals surface area contributed by atoms with Gasteiger partial charge in [0.05, 0.1) is 0 Å². The fraction of sp³-hybridized carbons (Fsp3) is 0. The molecule has 0 N–H and O–H groups in total. The van der Waals surface area contributed by atoms with Crippen LogP contribution >= 0.6 is 112 Å². The molecular formula is C12H3Br7. The van der Waals surface area contributed by atoms with Crippen molar-refractivity contribution in [2.24, 2.45) is 0 Å². The molecule has 0 fully saturated rings. The van der Waals surface area contributed by atoms with Crippen LogP contribution in [0.15, 0.2) is 49.5 Å². The fourth-order valence-electron chi connectivity index (χ4n) is 1.53. The maximum Gasteiger partial charge on any atom is 0.0466 e. The molecule has 0 aliphatic heterocycles. The van der Waals surface area contributed by atoms with Crippen LogP contribution in [0.3, 0.4) is 0 Å². The number of benzene rings is 2. The topological polar surface area (TPSA) is 0 Å². The van der Waals surface area contributed by atoms with E-state index in [0.717, 1.165) is 42.4 Å². The molecule has 2 aromatic rings. The minimum absolute atomic E-state index is 0.983. The van der Waals surface area contributed by atoms with E-state index < -0.39 is 0 Å². The summed E-state index contributed by atoms with van der Waals surface area (Å²) in [6, 6.07) is 6.09. The monoisotopic (exact) mass is 699 g/mol. The van der Waals surface area contributed by atoms with Gasteiger partial charge in [0, 0.05) is 36.9 Å². The van der Waals surface area contributed by atoms with Crippen molar-refractivity contribution in [1.29, 1.82) is 0 Å². The zero-order chi connectivity index (χ0) is 14.3. The highest BCUT2D eigenvalue weighted by Crippen LogP contribution is 2.47. The van der Waals surface area contributed by atoms with E-state index in [1.807, 2.05) is 12.1 Å². The lowest BCUT2D eigenvalue weighted by atomic mass is 10.1. The molecule has 0 radical (unpaired) electrons. The second-order valence-corrected chi connectivity index (χ2v) is 9.30. The molecule has 0 unspecified atom stereocenters. The molecule has 0 heterocycles. The van der Waals surface area contributed by atoms with E-state index >= 15 is 0 Å². The Hall–Kier alpha value is 1.80. The van der Waals surface area contributed by atoms with E-state index in [1.54, 1.807) is 0 Å². The van der Waals surface area contributed by atoms with Gasteiger partial charge < -0.3 is 0 Å². The summed E-state index contributed by atoms with van der Waals surface area (Å²) in [6.45, 7) is 0. The van der Waals surface area contributed by atoms with Crippen molar-refractivity contribution in [3.05, 3.63) is 49.5 Å². The zero-order valence-corrected chi connectivity index (χ0v) is 20.0. The predicted molar refractivity (Wildman–Crippen MR) is 106 cm³/mol. The van der Waals surface area contributed by atoms with Gasteiger partial charge in [-0.05, 0) is 113 Å². The molecule has 2 rings (SSSR count). The highest BCUT2D eigenvalue weighted by atomic mass is 79.9. The largest absolute Gasteiger partial charge is 0.0520 e. The van der Waals surface area contributed by atoms with Crippen molar-refractivity contribution in [2.75, 3.05) is 0 Å². The maximum atomic E-state index is 3.64. The Bertz CT molecular complexity index is 664. The van der Waals surface area contributed by atoms with Gasteiger partial charge in [-0.1, -0.05) is 22.0 Å². The van der Waals surface area contributed by atoms with E-state index in [9.17, 15) is 0 Å². The summed E-state index contributed by atoms with van der Waals surface area (Å²) in [5.41, 5.74) is 2.16. The standard InChI is InChI=1S/C12H3Br7/c13-5-2-1-4(9(16)10(5)17)8-6(14)3-7(15)11(18)12(8)19/h1-3H. The molecule has 0 bridgehead atoms. The van der Waals surface area contributed by atoms with Crippen LogP contribution in [0.4, 0.5) is 0 Å². The zero-order valence-electron chi connectivity index (χ0n) is 8.88. The molecule has 0 aliphatic rings. The van der Waals surface area contributed by atoms with Crippen molar-refractivity contribution < 1.29 is 0 Å².